The Kier molecular flexibility index (Phi) is 5.82. The van der Waals surface area contributed by atoms with E-state index in [2.05, 4.69) is 20.8 Å². The highest BCUT2D eigenvalue weighted by Crippen LogP contribution is 2.31. The van der Waals surface area contributed by atoms with Crippen molar-refractivity contribution in [3.63, 3.8) is 0 Å². The van der Waals surface area contributed by atoms with Gasteiger partial charge in [0.2, 0.25) is 11.0 Å². The molecule has 0 aliphatic carbocycles. The number of nitrogens with one attached hydrogen (secondary N) is 2. The summed E-state index contributed by atoms with van der Waals surface area (Å²) in [4.78, 5) is 11.4. The van der Waals surface area contributed by atoms with Crippen molar-refractivity contribution >= 4 is 39.8 Å². The lowest BCUT2D eigenvalue weighted by Crippen LogP contribution is -2.24. The van der Waals surface area contributed by atoms with Gasteiger partial charge in [-0.25, -0.2) is 0 Å². The number of ether oxygens (including phenoxy) is 1. The highest BCUT2D eigenvalue weighted by Gasteiger charge is 2.09. The first-order valence-electron chi connectivity index (χ1n) is 6.36. The number of aromatic nitrogens is 2. The second-order valence-electron chi connectivity index (χ2n) is 3.94. The molecule has 0 saturated heterocycles. The van der Waals surface area contributed by atoms with Gasteiger partial charge < -0.3 is 15.4 Å². The van der Waals surface area contributed by atoms with Gasteiger partial charge in [-0.05, 0) is 19.1 Å². The maximum absolute atomic E-state index is 11.4. The molecule has 6 nitrogen and oxygen atoms in total. The van der Waals surface area contributed by atoms with Gasteiger partial charge in [0.15, 0.2) is 4.34 Å². The molecular weight excluding hydrogens is 308 g/mol. The van der Waals surface area contributed by atoms with Gasteiger partial charge in [0.25, 0.3) is 0 Å². The first-order valence-corrected chi connectivity index (χ1v) is 8.16. The summed E-state index contributed by atoms with van der Waals surface area (Å²) in [6, 6.07) is 7.59. The van der Waals surface area contributed by atoms with Crippen LogP contribution in [0.4, 0.5) is 10.8 Å². The van der Waals surface area contributed by atoms with Gasteiger partial charge >= 0.3 is 0 Å². The largest absolute Gasteiger partial charge is 0.495 e. The first-order chi connectivity index (χ1) is 10.2. The van der Waals surface area contributed by atoms with E-state index in [9.17, 15) is 4.79 Å². The lowest BCUT2D eigenvalue weighted by atomic mass is 10.3. The predicted molar refractivity (Wildman–Crippen MR) is 85.6 cm³/mol. The van der Waals surface area contributed by atoms with E-state index in [1.54, 1.807) is 7.11 Å². The molecule has 2 rings (SSSR count). The molecule has 0 aliphatic heterocycles. The number of rotatable bonds is 7. The number of amides is 1. The summed E-state index contributed by atoms with van der Waals surface area (Å²) in [5.41, 5.74) is 0.830. The van der Waals surface area contributed by atoms with Crippen LogP contribution in [0, 0.1) is 0 Å². The molecule has 21 heavy (non-hydrogen) atoms. The van der Waals surface area contributed by atoms with Gasteiger partial charge in [-0.1, -0.05) is 35.2 Å². The Balaban J connectivity index is 1.95. The lowest BCUT2D eigenvalue weighted by molar-refractivity contribution is -0.118. The molecule has 0 aliphatic rings. The van der Waals surface area contributed by atoms with E-state index in [1.165, 1.54) is 23.1 Å². The van der Waals surface area contributed by atoms with Gasteiger partial charge in [-0.3, -0.25) is 4.79 Å². The van der Waals surface area contributed by atoms with Gasteiger partial charge in [-0.2, -0.15) is 0 Å². The minimum absolute atomic E-state index is 0.00284. The fourth-order valence-corrected chi connectivity index (χ4v) is 3.15. The molecule has 0 saturated carbocycles. The molecule has 1 heterocycles. The van der Waals surface area contributed by atoms with Gasteiger partial charge in [0.1, 0.15) is 5.75 Å². The van der Waals surface area contributed by atoms with Crippen molar-refractivity contribution < 1.29 is 9.53 Å². The molecule has 112 valence electrons. The minimum atomic E-state index is -0.00284. The maximum atomic E-state index is 11.4. The second kappa shape index (κ2) is 7.84. The maximum Gasteiger partial charge on any atom is 0.230 e. The van der Waals surface area contributed by atoms with Gasteiger partial charge in [0, 0.05) is 6.54 Å². The molecule has 1 aromatic heterocycles. The van der Waals surface area contributed by atoms with Crippen LogP contribution in [0.2, 0.25) is 0 Å². The molecule has 0 atom stereocenters. The van der Waals surface area contributed by atoms with Crippen molar-refractivity contribution in [3.8, 4) is 5.75 Å². The molecule has 1 amide bonds. The average Bonchev–Trinajstić information content (AvgIpc) is 2.94. The van der Waals surface area contributed by atoms with Crippen molar-refractivity contribution in [1.29, 1.82) is 0 Å². The summed E-state index contributed by atoms with van der Waals surface area (Å²) in [6.07, 6.45) is 0. The normalized spacial score (nSPS) is 10.2. The molecule has 0 unspecified atom stereocenters. The molecule has 0 bridgehead atoms. The van der Waals surface area contributed by atoms with Crippen molar-refractivity contribution in [2.75, 3.05) is 24.7 Å². The number of para-hydroxylation sites is 2. The van der Waals surface area contributed by atoms with Crippen LogP contribution in [-0.4, -0.2) is 35.5 Å². The number of hydrogen-bond donors (Lipinski definition) is 2. The summed E-state index contributed by atoms with van der Waals surface area (Å²) in [6.45, 7) is 2.53. The molecule has 2 N–H and O–H groups in total. The summed E-state index contributed by atoms with van der Waals surface area (Å²) < 4.78 is 6.01. The minimum Gasteiger partial charge on any atom is -0.495 e. The standard InChI is InChI=1S/C13H16N4O2S2/c1-3-14-11(18)8-20-13-17-16-12(21-13)15-9-6-4-5-7-10(9)19-2/h4-7H,3,8H2,1-2H3,(H,14,18)(H,15,16). The zero-order valence-electron chi connectivity index (χ0n) is 11.8. The lowest BCUT2D eigenvalue weighted by Gasteiger charge is -2.07. The monoisotopic (exact) mass is 324 g/mol. The zero-order valence-corrected chi connectivity index (χ0v) is 13.4. The Morgan fingerprint density at radius 2 is 2.19 bits per heavy atom. The third kappa shape index (κ3) is 4.61. The Morgan fingerprint density at radius 1 is 1.38 bits per heavy atom. The molecule has 0 radical (unpaired) electrons. The summed E-state index contributed by atoms with van der Waals surface area (Å²) in [7, 11) is 1.62. The van der Waals surface area contributed by atoms with E-state index >= 15 is 0 Å². The van der Waals surface area contributed by atoms with E-state index in [4.69, 9.17) is 4.74 Å². The molecule has 0 spiro atoms. The molecule has 1 aromatic carbocycles. The Labute approximate surface area is 131 Å². The highest BCUT2D eigenvalue weighted by molar-refractivity contribution is 8.01. The topological polar surface area (TPSA) is 76.1 Å². The van der Waals surface area contributed by atoms with Crippen molar-refractivity contribution in [1.82, 2.24) is 15.5 Å². The third-order valence-electron chi connectivity index (χ3n) is 2.46. The molecule has 2 aromatic rings. The summed E-state index contributed by atoms with van der Waals surface area (Å²) in [5.74, 6) is 1.08. The van der Waals surface area contributed by atoms with Crippen molar-refractivity contribution in [2.24, 2.45) is 0 Å². The number of anilines is 2. The molecule has 0 fully saturated rings. The first kappa shape index (κ1) is 15.6. The van der Waals surface area contributed by atoms with E-state index < -0.39 is 0 Å². The fourth-order valence-electron chi connectivity index (χ4n) is 1.56. The zero-order chi connectivity index (χ0) is 15.1. The van der Waals surface area contributed by atoms with Crippen LogP contribution < -0.4 is 15.4 Å². The van der Waals surface area contributed by atoms with Gasteiger partial charge in [-0.15, -0.1) is 10.2 Å². The van der Waals surface area contributed by atoms with Gasteiger partial charge in [0.05, 0.1) is 18.6 Å². The Bertz CT molecular complexity index is 603. The van der Waals surface area contributed by atoms with E-state index in [-0.39, 0.29) is 5.91 Å². The Morgan fingerprint density at radius 3 is 2.95 bits per heavy atom. The number of thioether (sulfide) groups is 1. The number of benzene rings is 1. The second-order valence-corrected chi connectivity index (χ2v) is 6.14. The van der Waals surface area contributed by atoms with Crippen LogP contribution in [0.1, 0.15) is 6.92 Å². The quantitative estimate of drug-likeness (QED) is 0.762. The van der Waals surface area contributed by atoms with E-state index in [0.717, 1.165) is 15.8 Å². The van der Waals surface area contributed by atoms with Crippen molar-refractivity contribution in [3.05, 3.63) is 24.3 Å². The average molecular weight is 324 g/mol. The van der Waals surface area contributed by atoms with Crippen LogP contribution >= 0.6 is 23.1 Å². The molecular formula is C13H16N4O2S2. The van der Waals surface area contributed by atoms with Crippen LogP contribution in [0.5, 0.6) is 5.75 Å². The predicted octanol–water partition coefficient (Wildman–Crippen LogP) is 2.52. The van der Waals surface area contributed by atoms with E-state index in [0.29, 0.717) is 17.4 Å². The smallest absolute Gasteiger partial charge is 0.230 e. The SMILES string of the molecule is CCNC(=O)CSc1nnc(Nc2ccccc2OC)s1. The Hall–Kier alpha value is -1.80. The summed E-state index contributed by atoms with van der Waals surface area (Å²) >= 11 is 2.77. The highest BCUT2D eigenvalue weighted by atomic mass is 32.2. The molecule has 8 heteroatoms. The van der Waals surface area contributed by atoms with Crippen LogP contribution in [0.3, 0.4) is 0 Å². The number of carbonyl (C=O) groups excluding carboxylic acids is 1. The summed E-state index contributed by atoms with van der Waals surface area (Å²) in [5, 5.41) is 14.7. The third-order valence-corrected chi connectivity index (χ3v) is 4.43. The number of methoxy groups -OCH3 is 1. The fraction of sp³-hybridized carbons (Fsp3) is 0.308. The number of nitrogens with zero attached hydrogens (tertiary/aromatic N) is 2. The number of carbonyl (C=O) groups is 1. The van der Waals surface area contributed by atoms with E-state index in [1.807, 2.05) is 31.2 Å². The van der Waals surface area contributed by atoms with Crippen LogP contribution in [-0.2, 0) is 4.79 Å². The number of hydrogen-bond acceptors (Lipinski definition) is 7. The van der Waals surface area contributed by atoms with Crippen LogP contribution in [0.25, 0.3) is 0 Å². The van der Waals surface area contributed by atoms with Crippen LogP contribution in [0.15, 0.2) is 28.6 Å². The van der Waals surface area contributed by atoms with Crippen molar-refractivity contribution in [2.45, 2.75) is 11.3 Å².